The van der Waals surface area contributed by atoms with Crippen LogP contribution in [0.5, 0.6) is 0 Å². The summed E-state index contributed by atoms with van der Waals surface area (Å²) in [4.78, 5) is 30.1. The number of piperazine rings is 1. The molecular weight excluding hydrogens is 409 g/mol. The van der Waals surface area contributed by atoms with E-state index < -0.39 is 0 Å². The number of nitrogens with zero attached hydrogens (tertiary/aromatic N) is 2. The maximum atomic E-state index is 14.0. The van der Waals surface area contributed by atoms with E-state index in [9.17, 15) is 14.0 Å². The van der Waals surface area contributed by atoms with Crippen molar-refractivity contribution in [2.45, 2.75) is 19.0 Å². The lowest BCUT2D eigenvalue weighted by atomic mass is 9.83. The second-order valence-corrected chi connectivity index (χ2v) is 8.24. The van der Waals surface area contributed by atoms with E-state index in [1.165, 1.54) is 12.3 Å². The van der Waals surface area contributed by atoms with Crippen LogP contribution >= 0.6 is 0 Å². The number of carbonyl (C=O) groups excluding carboxylic acids is 2. The lowest BCUT2D eigenvalue weighted by molar-refractivity contribution is -0.126. The van der Waals surface area contributed by atoms with Crippen molar-refractivity contribution in [1.29, 1.82) is 0 Å². The second-order valence-electron chi connectivity index (χ2n) is 8.24. The summed E-state index contributed by atoms with van der Waals surface area (Å²) in [6.45, 7) is 1.73. The number of para-hydroxylation sites is 1. The smallest absolute Gasteiger partial charge is 0.289 e. The fourth-order valence-corrected chi connectivity index (χ4v) is 4.75. The Balaban J connectivity index is 1.38. The van der Waals surface area contributed by atoms with Gasteiger partial charge in [0.2, 0.25) is 5.91 Å². The lowest BCUT2D eigenvalue weighted by Gasteiger charge is -2.48. The van der Waals surface area contributed by atoms with Gasteiger partial charge in [0, 0.05) is 37.4 Å². The molecule has 0 bridgehead atoms. The van der Waals surface area contributed by atoms with Crippen molar-refractivity contribution in [2.24, 2.45) is 5.92 Å². The van der Waals surface area contributed by atoms with Crippen LogP contribution < -0.4 is 10.2 Å². The van der Waals surface area contributed by atoms with Gasteiger partial charge in [-0.2, -0.15) is 0 Å². The zero-order valence-electron chi connectivity index (χ0n) is 17.5. The van der Waals surface area contributed by atoms with Crippen LogP contribution in [0.25, 0.3) is 0 Å². The SMILES string of the molecule is O=C(NCc1ccccc1F)C1Cc2ccccc2N2CCN(C(=O)c3ccco3)CC12. The van der Waals surface area contributed by atoms with E-state index in [0.29, 0.717) is 37.4 Å². The third-order valence-electron chi connectivity index (χ3n) is 6.39. The molecule has 5 rings (SSSR count). The summed E-state index contributed by atoms with van der Waals surface area (Å²) < 4.78 is 19.3. The third kappa shape index (κ3) is 3.75. The van der Waals surface area contributed by atoms with E-state index in [2.05, 4.69) is 16.3 Å². The minimum atomic E-state index is -0.358. The summed E-state index contributed by atoms with van der Waals surface area (Å²) in [6, 6.07) is 17.7. The Labute approximate surface area is 185 Å². The standard InChI is InChI=1S/C25H24FN3O3/c26-20-8-3-1-7-18(20)15-27-24(30)19-14-17-6-2-4-9-21(17)29-12-11-28(16-22(19)29)25(31)23-10-5-13-32-23/h1-10,13,19,22H,11-12,14-16H2,(H,27,30). The summed E-state index contributed by atoms with van der Waals surface area (Å²) >= 11 is 0. The molecule has 32 heavy (non-hydrogen) atoms. The molecule has 2 amide bonds. The van der Waals surface area contributed by atoms with Gasteiger partial charge < -0.3 is 19.5 Å². The monoisotopic (exact) mass is 433 g/mol. The molecular formula is C25H24FN3O3. The molecule has 3 heterocycles. The highest BCUT2D eigenvalue weighted by Gasteiger charge is 2.42. The van der Waals surface area contributed by atoms with Crippen LogP contribution in [0.1, 0.15) is 21.7 Å². The van der Waals surface area contributed by atoms with Gasteiger partial charge in [0.15, 0.2) is 5.76 Å². The van der Waals surface area contributed by atoms with Gasteiger partial charge >= 0.3 is 0 Å². The molecule has 0 spiro atoms. The first-order valence-corrected chi connectivity index (χ1v) is 10.8. The van der Waals surface area contributed by atoms with Gasteiger partial charge in [-0.25, -0.2) is 4.39 Å². The number of halogens is 1. The number of amides is 2. The number of nitrogens with one attached hydrogen (secondary N) is 1. The van der Waals surface area contributed by atoms with Gasteiger partial charge in [-0.1, -0.05) is 36.4 Å². The number of hydrogen-bond donors (Lipinski definition) is 1. The first-order chi connectivity index (χ1) is 15.6. The summed E-state index contributed by atoms with van der Waals surface area (Å²) in [5, 5.41) is 2.92. The molecule has 6 nitrogen and oxygen atoms in total. The maximum absolute atomic E-state index is 14.0. The molecule has 2 atom stereocenters. The van der Waals surface area contributed by atoms with E-state index in [1.54, 1.807) is 35.2 Å². The van der Waals surface area contributed by atoms with E-state index in [1.807, 2.05) is 18.2 Å². The molecule has 7 heteroatoms. The molecule has 1 N–H and O–H groups in total. The normalized spacial score (nSPS) is 19.8. The molecule has 164 valence electrons. The van der Waals surface area contributed by atoms with Crippen molar-refractivity contribution < 1.29 is 18.4 Å². The minimum Gasteiger partial charge on any atom is -0.459 e. The maximum Gasteiger partial charge on any atom is 0.289 e. The fourth-order valence-electron chi connectivity index (χ4n) is 4.75. The molecule has 0 saturated carbocycles. The number of benzene rings is 2. The first-order valence-electron chi connectivity index (χ1n) is 10.8. The Hall–Kier alpha value is -3.61. The van der Waals surface area contributed by atoms with Gasteiger partial charge in [-0.3, -0.25) is 9.59 Å². The Kier molecular flexibility index (Phi) is 5.39. The van der Waals surface area contributed by atoms with Crippen molar-refractivity contribution >= 4 is 17.5 Å². The van der Waals surface area contributed by atoms with Crippen LogP contribution in [-0.2, 0) is 17.8 Å². The molecule has 2 aliphatic rings. The molecule has 2 unspecified atom stereocenters. The van der Waals surface area contributed by atoms with E-state index in [0.717, 1.165) is 11.3 Å². The topological polar surface area (TPSA) is 65.8 Å². The van der Waals surface area contributed by atoms with Crippen LogP contribution in [0.2, 0.25) is 0 Å². The molecule has 0 radical (unpaired) electrons. The molecule has 1 fully saturated rings. The fraction of sp³-hybridized carbons (Fsp3) is 0.280. The number of anilines is 1. The molecule has 1 saturated heterocycles. The van der Waals surface area contributed by atoms with E-state index in [-0.39, 0.29) is 36.1 Å². The lowest BCUT2D eigenvalue weighted by Crippen LogP contribution is -2.62. The predicted molar refractivity (Wildman–Crippen MR) is 118 cm³/mol. The second kappa shape index (κ2) is 8.49. The number of rotatable bonds is 4. The van der Waals surface area contributed by atoms with Gasteiger partial charge in [-0.05, 0) is 36.2 Å². The van der Waals surface area contributed by atoms with Crippen molar-refractivity contribution in [3.63, 3.8) is 0 Å². The highest BCUT2D eigenvalue weighted by atomic mass is 19.1. The molecule has 2 aliphatic heterocycles. The zero-order chi connectivity index (χ0) is 22.1. The summed E-state index contributed by atoms with van der Waals surface area (Å²) in [5.74, 6) is -0.695. The zero-order valence-corrected chi connectivity index (χ0v) is 17.5. The number of furan rings is 1. The molecule has 0 aliphatic carbocycles. The third-order valence-corrected chi connectivity index (χ3v) is 6.39. The highest BCUT2D eigenvalue weighted by Crippen LogP contribution is 2.36. The van der Waals surface area contributed by atoms with Crippen molar-refractivity contribution in [2.75, 3.05) is 24.5 Å². The Morgan fingerprint density at radius 2 is 1.84 bits per heavy atom. The number of carbonyl (C=O) groups is 2. The number of fused-ring (bicyclic) bond motifs is 3. The largest absolute Gasteiger partial charge is 0.459 e. The first kappa shape index (κ1) is 20.3. The van der Waals surface area contributed by atoms with Gasteiger partial charge in [0.25, 0.3) is 5.91 Å². The van der Waals surface area contributed by atoms with Crippen molar-refractivity contribution in [3.05, 3.63) is 89.6 Å². The van der Waals surface area contributed by atoms with Crippen LogP contribution in [0.3, 0.4) is 0 Å². The average molecular weight is 433 g/mol. The van der Waals surface area contributed by atoms with Crippen LogP contribution in [0, 0.1) is 11.7 Å². The Morgan fingerprint density at radius 1 is 1.03 bits per heavy atom. The van der Waals surface area contributed by atoms with E-state index >= 15 is 0 Å². The van der Waals surface area contributed by atoms with E-state index in [4.69, 9.17) is 4.42 Å². The molecule has 3 aromatic rings. The van der Waals surface area contributed by atoms with Crippen LogP contribution in [0.15, 0.2) is 71.3 Å². The number of hydrogen-bond acceptors (Lipinski definition) is 4. The summed E-state index contributed by atoms with van der Waals surface area (Å²) in [5.41, 5.74) is 2.67. The van der Waals surface area contributed by atoms with Crippen molar-refractivity contribution in [1.82, 2.24) is 10.2 Å². The van der Waals surface area contributed by atoms with Gasteiger partial charge in [0.05, 0.1) is 18.2 Å². The highest BCUT2D eigenvalue weighted by molar-refractivity contribution is 5.92. The summed E-state index contributed by atoms with van der Waals surface area (Å²) in [7, 11) is 0. The Bertz CT molecular complexity index is 1130. The minimum absolute atomic E-state index is 0.130. The van der Waals surface area contributed by atoms with Gasteiger partial charge in [0.1, 0.15) is 5.82 Å². The predicted octanol–water partition coefficient (Wildman–Crippen LogP) is 3.24. The molecule has 1 aromatic heterocycles. The summed E-state index contributed by atoms with van der Waals surface area (Å²) in [6.07, 6.45) is 2.06. The van der Waals surface area contributed by atoms with Crippen LogP contribution in [0.4, 0.5) is 10.1 Å². The molecule has 2 aromatic carbocycles. The van der Waals surface area contributed by atoms with Crippen molar-refractivity contribution in [3.8, 4) is 0 Å². The average Bonchev–Trinajstić information content (AvgIpc) is 3.37. The quantitative estimate of drug-likeness (QED) is 0.686. The van der Waals surface area contributed by atoms with Crippen LogP contribution in [-0.4, -0.2) is 42.4 Å². The Morgan fingerprint density at radius 3 is 2.66 bits per heavy atom. The van der Waals surface area contributed by atoms with Gasteiger partial charge in [-0.15, -0.1) is 0 Å².